The molecule has 0 spiro atoms. The molecule has 0 radical (unpaired) electrons. The monoisotopic (exact) mass is 334 g/mol. The normalized spacial score (nSPS) is 26.5. The molecule has 1 aromatic rings. The quantitative estimate of drug-likeness (QED) is 0.845. The molecule has 2 aliphatic rings. The number of carbonyl (C=O) groups is 1. The van der Waals surface area contributed by atoms with E-state index in [1.54, 1.807) is 0 Å². The minimum atomic E-state index is -0.355. The van der Waals surface area contributed by atoms with Crippen LogP contribution in [0.3, 0.4) is 0 Å². The highest BCUT2D eigenvalue weighted by molar-refractivity contribution is 8.00. The van der Waals surface area contributed by atoms with Crippen molar-refractivity contribution >= 4 is 17.9 Å². The summed E-state index contributed by atoms with van der Waals surface area (Å²) in [6.45, 7) is 6.27. The molecule has 2 aliphatic heterocycles. The largest absolute Gasteiger partial charge is 0.412 e. The molecule has 1 saturated heterocycles. The SMILES string of the molecule is CCCCNC(=O)Oc1ccc2c(c1)[C@]1(C)CCCN(C)[C@@H]1S2. The Bertz CT molecular complexity index is 592. The standard InChI is InChI=1S/C18H26N2O2S/c1-4-5-10-19-17(21)22-13-7-8-15-14(12-13)18(2)9-6-11-20(3)16(18)23-15/h7-8,12,16H,4-6,9-11H2,1-3H3,(H,19,21)/t16-,18+/m1/s1. The van der Waals surface area contributed by atoms with Crippen molar-refractivity contribution in [1.82, 2.24) is 10.2 Å². The van der Waals surface area contributed by atoms with Crippen molar-refractivity contribution in [3.63, 3.8) is 0 Å². The lowest BCUT2D eigenvalue weighted by Gasteiger charge is -2.42. The van der Waals surface area contributed by atoms with Crippen molar-refractivity contribution < 1.29 is 9.53 Å². The van der Waals surface area contributed by atoms with Gasteiger partial charge in [0.25, 0.3) is 0 Å². The summed E-state index contributed by atoms with van der Waals surface area (Å²) in [5.74, 6) is 0.647. The summed E-state index contributed by atoms with van der Waals surface area (Å²) in [6, 6.07) is 6.08. The van der Waals surface area contributed by atoms with Gasteiger partial charge in [-0.25, -0.2) is 4.79 Å². The molecule has 2 atom stereocenters. The number of nitrogens with one attached hydrogen (secondary N) is 1. The molecule has 3 rings (SSSR count). The molecule has 1 N–H and O–H groups in total. The average Bonchev–Trinajstić information content (AvgIpc) is 2.82. The third-order valence-corrected chi connectivity index (χ3v) is 6.68. The zero-order valence-corrected chi connectivity index (χ0v) is 15.0. The second-order valence-electron chi connectivity index (χ2n) is 6.80. The molecular weight excluding hydrogens is 308 g/mol. The predicted octanol–water partition coefficient (Wildman–Crippen LogP) is 3.99. The summed E-state index contributed by atoms with van der Waals surface area (Å²) >= 11 is 1.94. The number of hydrogen-bond acceptors (Lipinski definition) is 4. The number of hydrogen-bond donors (Lipinski definition) is 1. The molecule has 5 heteroatoms. The number of thioether (sulfide) groups is 1. The van der Waals surface area contributed by atoms with Crippen LogP contribution in [-0.4, -0.2) is 36.5 Å². The number of nitrogens with zero attached hydrogens (tertiary/aromatic N) is 1. The molecule has 0 bridgehead atoms. The Balaban J connectivity index is 1.75. The number of fused-ring (bicyclic) bond motifs is 3. The van der Waals surface area contributed by atoms with E-state index in [1.807, 2.05) is 17.8 Å². The molecule has 2 heterocycles. The summed E-state index contributed by atoms with van der Waals surface area (Å²) in [5.41, 5.74) is 1.48. The van der Waals surface area contributed by atoms with Crippen molar-refractivity contribution in [1.29, 1.82) is 0 Å². The number of ether oxygens (including phenoxy) is 1. The highest BCUT2D eigenvalue weighted by Gasteiger charge is 2.47. The molecule has 126 valence electrons. The van der Waals surface area contributed by atoms with E-state index < -0.39 is 0 Å². The van der Waals surface area contributed by atoms with Gasteiger partial charge in [-0.2, -0.15) is 0 Å². The Kier molecular flexibility index (Phi) is 4.87. The van der Waals surface area contributed by atoms with Gasteiger partial charge in [0.05, 0.1) is 5.37 Å². The molecule has 0 aromatic heterocycles. The zero-order chi connectivity index (χ0) is 16.4. The Hall–Kier alpha value is -1.20. The van der Waals surface area contributed by atoms with Gasteiger partial charge in [0.2, 0.25) is 0 Å². The Morgan fingerprint density at radius 3 is 3.13 bits per heavy atom. The summed E-state index contributed by atoms with van der Waals surface area (Å²) < 4.78 is 5.46. The minimum Gasteiger partial charge on any atom is -0.410 e. The van der Waals surface area contributed by atoms with Gasteiger partial charge in [0.1, 0.15) is 5.75 Å². The summed E-state index contributed by atoms with van der Waals surface area (Å²) in [4.78, 5) is 15.6. The molecule has 23 heavy (non-hydrogen) atoms. The molecule has 0 aliphatic carbocycles. The number of unbranched alkanes of at least 4 members (excludes halogenated alkanes) is 1. The van der Waals surface area contributed by atoms with E-state index in [2.05, 4.69) is 43.2 Å². The average molecular weight is 334 g/mol. The minimum absolute atomic E-state index is 0.144. The van der Waals surface area contributed by atoms with Crippen LogP contribution in [0.25, 0.3) is 0 Å². The van der Waals surface area contributed by atoms with E-state index in [0.717, 1.165) is 19.4 Å². The van der Waals surface area contributed by atoms with E-state index in [9.17, 15) is 4.79 Å². The molecule has 0 saturated carbocycles. The number of carbonyl (C=O) groups excluding carboxylic acids is 1. The molecule has 0 unspecified atom stereocenters. The predicted molar refractivity (Wildman–Crippen MR) is 94.2 cm³/mol. The maximum absolute atomic E-state index is 11.9. The lowest BCUT2D eigenvalue weighted by atomic mass is 9.76. The number of amides is 1. The van der Waals surface area contributed by atoms with Gasteiger partial charge >= 0.3 is 6.09 Å². The van der Waals surface area contributed by atoms with Gasteiger partial charge in [-0.05, 0) is 56.6 Å². The fraction of sp³-hybridized carbons (Fsp3) is 0.611. The fourth-order valence-corrected chi connectivity index (χ4v) is 5.26. The van der Waals surface area contributed by atoms with Gasteiger partial charge < -0.3 is 10.1 Å². The summed E-state index contributed by atoms with van der Waals surface area (Å²) in [6.07, 6.45) is 4.08. The Morgan fingerprint density at radius 1 is 1.52 bits per heavy atom. The first-order valence-corrected chi connectivity index (χ1v) is 9.39. The number of benzene rings is 1. The third kappa shape index (κ3) is 3.22. The maximum Gasteiger partial charge on any atom is 0.412 e. The van der Waals surface area contributed by atoms with Crippen LogP contribution < -0.4 is 10.1 Å². The van der Waals surface area contributed by atoms with Gasteiger partial charge in [-0.1, -0.05) is 20.3 Å². The van der Waals surface area contributed by atoms with Crippen molar-refractivity contribution in [2.24, 2.45) is 0 Å². The number of likely N-dealkylation sites (N-methyl/N-ethyl adjacent to an activating group) is 1. The van der Waals surface area contributed by atoms with E-state index in [-0.39, 0.29) is 11.5 Å². The first-order valence-electron chi connectivity index (χ1n) is 8.51. The second-order valence-corrected chi connectivity index (χ2v) is 7.92. The van der Waals surface area contributed by atoms with E-state index in [0.29, 0.717) is 17.7 Å². The van der Waals surface area contributed by atoms with Crippen molar-refractivity contribution in [3.8, 4) is 5.75 Å². The first-order chi connectivity index (χ1) is 11.0. The van der Waals surface area contributed by atoms with Crippen LogP contribution in [0.2, 0.25) is 0 Å². The molecule has 1 amide bonds. The summed E-state index contributed by atoms with van der Waals surface area (Å²) in [5, 5.41) is 3.28. The number of rotatable bonds is 4. The van der Waals surface area contributed by atoms with Crippen LogP contribution in [0, 0.1) is 0 Å². The van der Waals surface area contributed by atoms with Crippen molar-refractivity contribution in [2.75, 3.05) is 20.1 Å². The van der Waals surface area contributed by atoms with Gasteiger partial charge in [0.15, 0.2) is 0 Å². The Labute approximate surface area is 143 Å². The van der Waals surface area contributed by atoms with E-state index in [4.69, 9.17) is 4.74 Å². The van der Waals surface area contributed by atoms with Crippen LogP contribution in [0.4, 0.5) is 4.79 Å². The van der Waals surface area contributed by atoms with Crippen LogP contribution in [0.1, 0.15) is 45.1 Å². The maximum atomic E-state index is 11.9. The van der Waals surface area contributed by atoms with Crippen molar-refractivity contribution in [3.05, 3.63) is 23.8 Å². The lowest BCUT2D eigenvalue weighted by molar-refractivity contribution is 0.167. The van der Waals surface area contributed by atoms with Crippen molar-refractivity contribution in [2.45, 2.75) is 55.2 Å². The van der Waals surface area contributed by atoms with Gasteiger partial charge in [-0.3, -0.25) is 4.90 Å². The zero-order valence-electron chi connectivity index (χ0n) is 14.2. The molecule has 1 aromatic carbocycles. The summed E-state index contributed by atoms with van der Waals surface area (Å²) in [7, 11) is 2.21. The highest BCUT2D eigenvalue weighted by atomic mass is 32.2. The Morgan fingerprint density at radius 2 is 2.35 bits per heavy atom. The van der Waals surface area contributed by atoms with Crippen LogP contribution >= 0.6 is 11.8 Å². The second kappa shape index (κ2) is 6.73. The first kappa shape index (κ1) is 16.7. The topological polar surface area (TPSA) is 41.6 Å². The van der Waals surface area contributed by atoms with Crippen LogP contribution in [0.5, 0.6) is 5.75 Å². The van der Waals surface area contributed by atoms with E-state index in [1.165, 1.54) is 23.3 Å². The fourth-order valence-electron chi connectivity index (χ4n) is 3.66. The highest BCUT2D eigenvalue weighted by Crippen LogP contribution is 2.55. The van der Waals surface area contributed by atoms with Crippen LogP contribution in [-0.2, 0) is 5.41 Å². The molecule has 4 nitrogen and oxygen atoms in total. The lowest BCUT2D eigenvalue weighted by Crippen LogP contribution is -2.47. The third-order valence-electron chi connectivity index (χ3n) is 4.97. The van der Waals surface area contributed by atoms with Gasteiger partial charge in [-0.15, -0.1) is 11.8 Å². The number of likely N-dealkylation sites (tertiary alicyclic amines) is 1. The van der Waals surface area contributed by atoms with Crippen LogP contribution in [0.15, 0.2) is 23.1 Å². The number of piperidine rings is 1. The molecule has 1 fully saturated rings. The van der Waals surface area contributed by atoms with E-state index >= 15 is 0 Å². The smallest absolute Gasteiger partial charge is 0.410 e. The molecular formula is C18H26N2O2S. The van der Waals surface area contributed by atoms with Gasteiger partial charge in [0, 0.05) is 16.9 Å².